The van der Waals surface area contributed by atoms with Crippen molar-refractivity contribution >= 4 is 18.4 Å². The fourth-order valence-corrected chi connectivity index (χ4v) is 0.383. The highest BCUT2D eigenvalue weighted by molar-refractivity contribution is 5.85. The summed E-state index contributed by atoms with van der Waals surface area (Å²) < 4.78 is 0. The van der Waals surface area contributed by atoms with Crippen molar-refractivity contribution in [1.82, 2.24) is 6.15 Å². The van der Waals surface area contributed by atoms with Crippen molar-refractivity contribution in [3.05, 3.63) is 24.8 Å². The molecule has 0 aliphatic heterocycles. The van der Waals surface area contributed by atoms with E-state index in [9.17, 15) is 4.79 Å². The molecule has 0 spiro atoms. The summed E-state index contributed by atoms with van der Waals surface area (Å²) in [6, 6.07) is 0. The third-order valence-corrected chi connectivity index (χ3v) is 0.953. The lowest BCUT2D eigenvalue weighted by atomic mass is 10.2. The molecule has 0 aromatic carbocycles. The number of carboxylic acids is 1. The van der Waals surface area contributed by atoms with Gasteiger partial charge in [-0.2, -0.15) is 0 Å². The van der Waals surface area contributed by atoms with Gasteiger partial charge in [-0.05, 0) is 12.8 Å². The molecule has 4 N–H and O–H groups in total. The predicted octanol–water partition coefficient (Wildman–Crippen LogP) is 2.18. The van der Waals surface area contributed by atoms with E-state index in [-0.39, 0.29) is 24.1 Å². The van der Waals surface area contributed by atoms with E-state index in [0.29, 0.717) is 12.8 Å². The molecule has 4 heteroatoms. The number of halogens is 1. The molecule has 0 bridgehead atoms. The Morgan fingerprint density at radius 1 is 1.55 bits per heavy atom. The predicted molar refractivity (Wildman–Crippen MR) is 48.5 cm³/mol. The number of aliphatic carboxylic acids is 1. The van der Waals surface area contributed by atoms with Gasteiger partial charge >= 0.3 is 5.97 Å². The van der Waals surface area contributed by atoms with Gasteiger partial charge in [0, 0.05) is 5.57 Å². The standard InChI is InChI=1S/C7H10O2.ClH.H3N/c1-3-4-5-6(2)7(8)9;;/h3H,1-2,4-5H2,(H,8,9);1H;1H3. The minimum absolute atomic E-state index is 0. The maximum Gasteiger partial charge on any atom is 0.330 e. The van der Waals surface area contributed by atoms with Gasteiger partial charge < -0.3 is 11.3 Å². The van der Waals surface area contributed by atoms with Crippen LogP contribution in [0.2, 0.25) is 0 Å². The average molecular weight is 180 g/mol. The maximum atomic E-state index is 10.1. The normalized spacial score (nSPS) is 6.91. The molecule has 0 heterocycles. The summed E-state index contributed by atoms with van der Waals surface area (Å²) in [5.41, 5.74) is 0.245. The third kappa shape index (κ3) is 9.20. The Bertz CT molecular complexity index is 145. The molecule has 0 rings (SSSR count). The van der Waals surface area contributed by atoms with E-state index in [1.165, 1.54) is 0 Å². The molecule has 0 amide bonds. The summed E-state index contributed by atoms with van der Waals surface area (Å²) in [6.07, 6.45) is 2.86. The van der Waals surface area contributed by atoms with Gasteiger partial charge in [0.1, 0.15) is 0 Å². The van der Waals surface area contributed by atoms with E-state index in [1.54, 1.807) is 6.08 Å². The Morgan fingerprint density at radius 3 is 2.27 bits per heavy atom. The van der Waals surface area contributed by atoms with Gasteiger partial charge in [0.2, 0.25) is 0 Å². The maximum absolute atomic E-state index is 10.1. The highest BCUT2D eigenvalue weighted by atomic mass is 35.5. The summed E-state index contributed by atoms with van der Waals surface area (Å²) in [4.78, 5) is 10.1. The summed E-state index contributed by atoms with van der Waals surface area (Å²) in [5.74, 6) is -0.920. The zero-order chi connectivity index (χ0) is 7.28. The summed E-state index contributed by atoms with van der Waals surface area (Å²) in [6.45, 7) is 6.80. The molecule has 0 unspecified atom stereocenters. The zero-order valence-electron chi connectivity index (χ0n) is 6.38. The molecule has 0 saturated carbocycles. The molecule has 0 fully saturated rings. The van der Waals surface area contributed by atoms with E-state index in [2.05, 4.69) is 13.2 Å². The van der Waals surface area contributed by atoms with Crippen LogP contribution in [0.5, 0.6) is 0 Å². The van der Waals surface area contributed by atoms with Crippen LogP contribution in [-0.4, -0.2) is 11.1 Å². The van der Waals surface area contributed by atoms with Gasteiger partial charge in [-0.3, -0.25) is 0 Å². The van der Waals surface area contributed by atoms with Gasteiger partial charge in [0.25, 0.3) is 0 Å². The van der Waals surface area contributed by atoms with Crippen LogP contribution < -0.4 is 6.15 Å². The first kappa shape index (κ1) is 16.7. The summed E-state index contributed by atoms with van der Waals surface area (Å²) in [7, 11) is 0. The van der Waals surface area contributed by atoms with E-state index < -0.39 is 5.97 Å². The SMILES string of the molecule is C=CCCC(=C)C(=O)O.Cl.N. The molecule has 0 aromatic rings. The first-order valence-corrected chi connectivity index (χ1v) is 2.70. The Morgan fingerprint density at radius 2 is 2.00 bits per heavy atom. The highest BCUT2D eigenvalue weighted by Gasteiger charge is 1.99. The topological polar surface area (TPSA) is 72.3 Å². The second-order valence-electron chi connectivity index (χ2n) is 1.74. The quantitative estimate of drug-likeness (QED) is 0.513. The molecule has 0 atom stereocenters. The largest absolute Gasteiger partial charge is 0.478 e. The minimum Gasteiger partial charge on any atom is -0.478 e. The highest BCUT2D eigenvalue weighted by Crippen LogP contribution is 2.01. The zero-order valence-corrected chi connectivity index (χ0v) is 7.19. The van der Waals surface area contributed by atoms with Crippen molar-refractivity contribution in [1.29, 1.82) is 0 Å². The Kier molecular flexibility index (Phi) is 13.9. The van der Waals surface area contributed by atoms with Crippen molar-refractivity contribution in [2.24, 2.45) is 0 Å². The Balaban J connectivity index is -0.000000320. The first-order chi connectivity index (χ1) is 4.18. The number of hydrogen-bond acceptors (Lipinski definition) is 2. The number of allylic oxidation sites excluding steroid dienone is 1. The third-order valence-electron chi connectivity index (χ3n) is 0.953. The second kappa shape index (κ2) is 9.20. The molecular formula is C7H14ClNO2. The molecular weight excluding hydrogens is 166 g/mol. The molecule has 0 aliphatic rings. The van der Waals surface area contributed by atoms with Crippen molar-refractivity contribution in [2.75, 3.05) is 0 Å². The van der Waals surface area contributed by atoms with Crippen molar-refractivity contribution in [3.8, 4) is 0 Å². The van der Waals surface area contributed by atoms with Crippen LogP contribution in [0.25, 0.3) is 0 Å². The van der Waals surface area contributed by atoms with Crippen LogP contribution in [0.3, 0.4) is 0 Å². The first-order valence-electron chi connectivity index (χ1n) is 2.70. The van der Waals surface area contributed by atoms with Crippen LogP contribution in [0.15, 0.2) is 24.8 Å². The molecule has 0 aliphatic carbocycles. The smallest absolute Gasteiger partial charge is 0.330 e. The van der Waals surface area contributed by atoms with E-state index in [1.807, 2.05) is 0 Å². The fraction of sp³-hybridized carbons (Fsp3) is 0.286. The van der Waals surface area contributed by atoms with Gasteiger partial charge in [-0.15, -0.1) is 19.0 Å². The lowest BCUT2D eigenvalue weighted by molar-refractivity contribution is -0.132. The Labute approximate surface area is 72.8 Å². The van der Waals surface area contributed by atoms with Gasteiger partial charge in [0.05, 0.1) is 0 Å². The van der Waals surface area contributed by atoms with Crippen LogP contribution in [0, 0.1) is 0 Å². The Hall–Kier alpha value is -0.800. The fourth-order valence-electron chi connectivity index (χ4n) is 0.383. The van der Waals surface area contributed by atoms with Gasteiger partial charge in [0.15, 0.2) is 0 Å². The van der Waals surface area contributed by atoms with Crippen LogP contribution in [0.1, 0.15) is 12.8 Å². The van der Waals surface area contributed by atoms with Crippen LogP contribution in [0.4, 0.5) is 0 Å². The number of rotatable bonds is 4. The van der Waals surface area contributed by atoms with Gasteiger partial charge in [-0.25, -0.2) is 4.79 Å². The number of hydrogen-bond donors (Lipinski definition) is 2. The van der Waals surface area contributed by atoms with Crippen molar-refractivity contribution < 1.29 is 9.90 Å². The summed E-state index contributed by atoms with van der Waals surface area (Å²) in [5, 5.41) is 8.27. The van der Waals surface area contributed by atoms with E-state index in [0.717, 1.165) is 0 Å². The molecule has 0 aromatic heterocycles. The average Bonchev–Trinajstić information content (AvgIpc) is 1.82. The van der Waals surface area contributed by atoms with Gasteiger partial charge in [-0.1, -0.05) is 12.7 Å². The van der Waals surface area contributed by atoms with E-state index in [4.69, 9.17) is 5.11 Å². The molecule has 0 saturated heterocycles. The van der Waals surface area contributed by atoms with Crippen molar-refractivity contribution in [3.63, 3.8) is 0 Å². The number of carbonyl (C=O) groups is 1. The minimum atomic E-state index is -0.920. The van der Waals surface area contributed by atoms with Crippen LogP contribution in [-0.2, 0) is 4.79 Å². The lowest BCUT2D eigenvalue weighted by Gasteiger charge is -1.93. The monoisotopic (exact) mass is 179 g/mol. The summed E-state index contributed by atoms with van der Waals surface area (Å²) >= 11 is 0. The molecule has 0 radical (unpaired) electrons. The molecule has 11 heavy (non-hydrogen) atoms. The number of carboxylic acid groups (broad SMARTS) is 1. The molecule has 66 valence electrons. The van der Waals surface area contributed by atoms with E-state index >= 15 is 0 Å². The molecule has 3 nitrogen and oxygen atoms in total. The van der Waals surface area contributed by atoms with Crippen molar-refractivity contribution in [2.45, 2.75) is 12.8 Å². The lowest BCUT2D eigenvalue weighted by Crippen LogP contribution is -1.97. The second-order valence-corrected chi connectivity index (χ2v) is 1.74. The van der Waals surface area contributed by atoms with Crippen LogP contribution >= 0.6 is 12.4 Å².